The summed E-state index contributed by atoms with van der Waals surface area (Å²) < 4.78 is 18.5. The molecule has 0 saturated carbocycles. The maximum absolute atomic E-state index is 5.76. The molecule has 0 saturated heterocycles. The van der Waals surface area contributed by atoms with Crippen molar-refractivity contribution in [2.24, 2.45) is 0 Å². The van der Waals surface area contributed by atoms with Gasteiger partial charge >= 0.3 is 97.0 Å². The standard InChI is InChI=1S/C6H15O3Si.C3H7.Ti/c1-4-7-10(8-5-2)9-6-3;1-3-2;/h4-6H2,1-3H3;1,3H2,2H3;. The first-order valence-corrected chi connectivity index (χ1v) is 10.6. The third-order valence-corrected chi connectivity index (χ3v) is 10.3. The van der Waals surface area contributed by atoms with Gasteiger partial charge in [-0.25, -0.2) is 0 Å². The van der Waals surface area contributed by atoms with E-state index in [0.29, 0.717) is 19.8 Å². The van der Waals surface area contributed by atoms with Crippen molar-refractivity contribution in [1.29, 1.82) is 0 Å². The van der Waals surface area contributed by atoms with E-state index in [4.69, 9.17) is 13.3 Å². The fourth-order valence-electron chi connectivity index (χ4n) is 1.13. The Balaban J connectivity index is 4.21. The summed E-state index contributed by atoms with van der Waals surface area (Å²) in [7, 11) is 0. The zero-order valence-corrected chi connectivity index (χ0v) is 12.3. The van der Waals surface area contributed by atoms with E-state index in [2.05, 4.69) is 6.92 Å². The molecule has 0 bridgehead atoms. The molecule has 14 heavy (non-hydrogen) atoms. The molecule has 84 valence electrons. The molecule has 0 atom stereocenters. The van der Waals surface area contributed by atoms with Crippen LogP contribution in [-0.4, -0.2) is 26.5 Å². The van der Waals surface area contributed by atoms with Crippen LogP contribution in [0.4, 0.5) is 0 Å². The molecule has 0 radical (unpaired) electrons. The van der Waals surface area contributed by atoms with Gasteiger partial charge in [0.25, 0.3) is 0 Å². The van der Waals surface area contributed by atoms with Gasteiger partial charge in [0.1, 0.15) is 0 Å². The topological polar surface area (TPSA) is 27.7 Å². The Labute approximate surface area is 97.0 Å². The van der Waals surface area contributed by atoms with Crippen LogP contribution in [0.2, 0.25) is 4.73 Å². The van der Waals surface area contributed by atoms with Crippen LogP contribution < -0.4 is 0 Å². The molecule has 0 rings (SSSR count). The minimum absolute atomic E-state index is 0.214. The Hall–Kier alpha value is 0.811. The van der Waals surface area contributed by atoms with Gasteiger partial charge in [-0.15, -0.1) is 0 Å². The molecule has 0 aliphatic heterocycles. The summed E-state index contributed by atoms with van der Waals surface area (Å²) in [6.45, 7) is 8.17. The van der Waals surface area contributed by atoms with Gasteiger partial charge in [-0.3, -0.25) is 0 Å². The normalized spacial score (nSPS) is 11.7. The number of hydrogen-bond acceptors (Lipinski definition) is 3. The van der Waals surface area contributed by atoms with E-state index in [1.54, 1.807) is 0 Å². The van der Waals surface area contributed by atoms with Gasteiger partial charge in [0.2, 0.25) is 0 Å². The van der Waals surface area contributed by atoms with Gasteiger partial charge in [-0.2, -0.15) is 0 Å². The van der Waals surface area contributed by atoms with Crippen molar-refractivity contribution >= 4 is 6.67 Å². The van der Waals surface area contributed by atoms with Gasteiger partial charge in [-0.1, -0.05) is 0 Å². The van der Waals surface area contributed by atoms with Crippen molar-refractivity contribution in [3.05, 3.63) is 0 Å². The van der Waals surface area contributed by atoms with Crippen molar-refractivity contribution in [3.8, 4) is 0 Å². The molecule has 0 unspecified atom stereocenters. The first-order chi connectivity index (χ1) is 6.74. The Bertz CT molecular complexity index is 118. The third kappa shape index (κ3) is 5.63. The van der Waals surface area contributed by atoms with E-state index >= 15 is 0 Å². The summed E-state index contributed by atoms with van der Waals surface area (Å²) in [6, 6.07) is 0. The monoisotopic (exact) mass is 254 g/mol. The first-order valence-electron chi connectivity index (χ1n) is 5.41. The fourth-order valence-corrected chi connectivity index (χ4v) is 9.45. The summed E-state index contributed by atoms with van der Waals surface area (Å²) in [5, 5.41) is 0. The first kappa shape index (κ1) is 14.8. The summed E-state index contributed by atoms with van der Waals surface area (Å²) in [4.78, 5) is 0. The van der Waals surface area contributed by atoms with Crippen LogP contribution in [0.15, 0.2) is 0 Å². The van der Waals surface area contributed by atoms with E-state index in [0.717, 1.165) is 0 Å². The van der Waals surface area contributed by atoms with Crippen LogP contribution >= 0.6 is 0 Å². The zero-order chi connectivity index (χ0) is 10.9. The van der Waals surface area contributed by atoms with Gasteiger partial charge in [-0.05, 0) is 0 Å². The second-order valence-electron chi connectivity index (χ2n) is 2.78. The Morgan fingerprint density at radius 1 is 0.857 bits per heavy atom. The molecular weight excluding hydrogens is 232 g/mol. The molecule has 0 N–H and O–H groups in total. The Kier molecular flexibility index (Phi) is 9.59. The molecule has 0 aromatic carbocycles. The van der Waals surface area contributed by atoms with Crippen molar-refractivity contribution in [3.63, 3.8) is 0 Å². The molecule has 3 nitrogen and oxygen atoms in total. The molecule has 0 aliphatic rings. The van der Waals surface area contributed by atoms with E-state index in [1.165, 1.54) is 11.1 Å². The molecular formula is C9H22O3SiTi. The second-order valence-corrected chi connectivity index (χ2v) is 10.4. The predicted molar refractivity (Wildman–Crippen MR) is 55.7 cm³/mol. The quantitative estimate of drug-likeness (QED) is 0.591. The van der Waals surface area contributed by atoms with E-state index in [1.807, 2.05) is 20.8 Å². The molecule has 0 fully saturated rings. The number of rotatable bonds is 9. The average Bonchev–Trinajstić information content (AvgIpc) is 2.16. The van der Waals surface area contributed by atoms with Crippen LogP contribution in [0.5, 0.6) is 0 Å². The van der Waals surface area contributed by atoms with Crippen molar-refractivity contribution in [2.45, 2.75) is 38.8 Å². The van der Waals surface area contributed by atoms with Crippen molar-refractivity contribution < 1.29 is 31.7 Å². The van der Waals surface area contributed by atoms with Gasteiger partial charge in [0.15, 0.2) is 0 Å². The summed E-state index contributed by atoms with van der Waals surface area (Å²) in [5.41, 5.74) is 0. The van der Waals surface area contributed by atoms with Gasteiger partial charge in [0.05, 0.1) is 0 Å². The molecule has 0 spiro atoms. The fraction of sp³-hybridized carbons (Fsp3) is 1.00. The SMILES string of the molecule is CC[CH2][Ti][Si](OCC)(OCC)OCC. The van der Waals surface area contributed by atoms with Crippen LogP contribution in [0.25, 0.3) is 0 Å². The average molecular weight is 254 g/mol. The molecule has 5 heteroatoms. The molecule has 0 aliphatic carbocycles. The van der Waals surface area contributed by atoms with Crippen molar-refractivity contribution in [2.75, 3.05) is 19.8 Å². The minimum atomic E-state index is -2.19. The summed E-state index contributed by atoms with van der Waals surface area (Å²) in [6.07, 6.45) is 1.21. The van der Waals surface area contributed by atoms with Crippen LogP contribution in [0, 0.1) is 0 Å². The maximum atomic E-state index is 5.76. The molecule has 0 aromatic heterocycles. The second kappa shape index (κ2) is 9.07. The van der Waals surface area contributed by atoms with E-state index in [-0.39, 0.29) is 18.4 Å². The predicted octanol–water partition coefficient (Wildman–Crippen LogP) is 2.44. The third-order valence-electron chi connectivity index (χ3n) is 1.59. The zero-order valence-electron chi connectivity index (χ0n) is 9.76. The number of hydrogen-bond donors (Lipinski definition) is 0. The van der Waals surface area contributed by atoms with E-state index in [9.17, 15) is 0 Å². The summed E-state index contributed by atoms with van der Waals surface area (Å²) in [5.74, 6) is 0. The van der Waals surface area contributed by atoms with Gasteiger partial charge in [0, 0.05) is 0 Å². The molecule has 0 amide bonds. The van der Waals surface area contributed by atoms with Crippen LogP contribution in [-0.2, 0) is 31.7 Å². The van der Waals surface area contributed by atoms with E-state index < -0.39 is 6.67 Å². The van der Waals surface area contributed by atoms with Crippen LogP contribution in [0.1, 0.15) is 34.1 Å². The Morgan fingerprint density at radius 2 is 1.29 bits per heavy atom. The summed E-state index contributed by atoms with van der Waals surface area (Å²) >= 11 is -0.214. The Morgan fingerprint density at radius 3 is 1.57 bits per heavy atom. The molecule has 0 heterocycles. The van der Waals surface area contributed by atoms with Gasteiger partial charge < -0.3 is 0 Å². The van der Waals surface area contributed by atoms with Crippen molar-refractivity contribution in [1.82, 2.24) is 0 Å². The van der Waals surface area contributed by atoms with Crippen LogP contribution in [0.3, 0.4) is 0 Å². The molecule has 0 aromatic rings.